The first-order valence-corrected chi connectivity index (χ1v) is 13.5. The molecule has 0 saturated heterocycles. The van der Waals surface area contributed by atoms with Crippen molar-refractivity contribution in [2.75, 3.05) is 44.7 Å². The fraction of sp³-hybridized carbons (Fsp3) is 0.500. The Morgan fingerprint density at radius 3 is 1.68 bits per heavy atom. The normalized spacial score (nSPS) is 15.2. The fourth-order valence-corrected chi connectivity index (χ4v) is 4.87. The third-order valence-electron chi connectivity index (χ3n) is 7.29. The van der Waals surface area contributed by atoms with Gasteiger partial charge in [-0.3, -0.25) is 29.4 Å². The first-order chi connectivity index (χ1) is 19.1. The topological polar surface area (TPSA) is 152 Å². The van der Waals surface area contributed by atoms with Crippen LogP contribution in [0, 0.1) is 10.1 Å². The molecule has 0 spiro atoms. The van der Waals surface area contributed by atoms with Crippen LogP contribution in [0.4, 0.5) is 22.7 Å². The molecule has 4 rings (SSSR count). The van der Waals surface area contributed by atoms with E-state index in [0.29, 0.717) is 23.0 Å². The molecule has 0 atom stereocenters. The number of nitrogens with zero attached hydrogens (tertiary/aromatic N) is 3. The average Bonchev–Trinajstić information content (AvgIpc) is 3.67. The van der Waals surface area contributed by atoms with E-state index in [9.17, 15) is 19.7 Å². The summed E-state index contributed by atoms with van der Waals surface area (Å²) in [6.07, 6.45) is 9.23. The molecule has 2 saturated carbocycles. The largest absolute Gasteiger partial charge is 0.397 e. The average molecular weight is 557 g/mol. The standard InChI is InChI=1S/C14H19N3O4.C14H21N3O2/c1-16(21-2)14(18)10-7-8-12(13(9-10)17(19)20)15-11-5-3-4-6-11;1-17(19-2)14(18)10-7-8-13(12(15)9-10)16-11-5-3-4-6-11/h7-9,11,15H,3-6H2,1-2H3;7-9,11,16H,3-6,15H2,1-2H3. The van der Waals surface area contributed by atoms with E-state index in [0.717, 1.165) is 36.4 Å². The molecule has 2 aromatic rings. The molecule has 2 aliphatic rings. The van der Waals surface area contributed by atoms with Gasteiger partial charge in [-0.1, -0.05) is 25.7 Å². The van der Waals surface area contributed by atoms with Crippen LogP contribution in [-0.4, -0.2) is 67.3 Å². The van der Waals surface area contributed by atoms with Gasteiger partial charge in [0.15, 0.2) is 0 Å². The highest BCUT2D eigenvalue weighted by atomic mass is 16.7. The van der Waals surface area contributed by atoms with E-state index in [2.05, 4.69) is 10.6 Å². The van der Waals surface area contributed by atoms with E-state index < -0.39 is 10.8 Å². The van der Waals surface area contributed by atoms with E-state index in [-0.39, 0.29) is 23.2 Å². The van der Waals surface area contributed by atoms with Gasteiger partial charge in [-0.15, -0.1) is 0 Å². The molecule has 12 nitrogen and oxygen atoms in total. The molecule has 4 N–H and O–H groups in total. The highest BCUT2D eigenvalue weighted by Crippen LogP contribution is 2.30. The number of nitrogens with one attached hydrogen (secondary N) is 2. The number of nitro groups is 1. The quantitative estimate of drug-likeness (QED) is 0.224. The molecule has 2 aromatic carbocycles. The number of anilines is 3. The predicted octanol–water partition coefficient (Wildman–Crippen LogP) is 4.84. The summed E-state index contributed by atoms with van der Waals surface area (Å²) < 4.78 is 0. The van der Waals surface area contributed by atoms with Gasteiger partial charge in [-0.05, 0) is 56.0 Å². The Labute approximate surface area is 234 Å². The Hall–Kier alpha value is -3.90. The van der Waals surface area contributed by atoms with Crippen LogP contribution < -0.4 is 16.4 Å². The monoisotopic (exact) mass is 556 g/mol. The van der Waals surface area contributed by atoms with Gasteiger partial charge in [-0.25, -0.2) is 10.1 Å². The van der Waals surface area contributed by atoms with Crippen molar-refractivity contribution in [2.45, 2.75) is 63.5 Å². The van der Waals surface area contributed by atoms with Crippen molar-refractivity contribution < 1.29 is 24.2 Å². The summed E-state index contributed by atoms with van der Waals surface area (Å²) in [5, 5.41) is 20.1. The zero-order chi connectivity index (χ0) is 29.2. The summed E-state index contributed by atoms with van der Waals surface area (Å²) in [6.45, 7) is 0. The third-order valence-corrected chi connectivity index (χ3v) is 7.29. The highest BCUT2D eigenvalue weighted by molar-refractivity contribution is 5.95. The molecule has 218 valence electrons. The first-order valence-electron chi connectivity index (χ1n) is 13.5. The first kappa shape index (κ1) is 30.6. The van der Waals surface area contributed by atoms with E-state index in [4.69, 9.17) is 15.4 Å². The van der Waals surface area contributed by atoms with Gasteiger partial charge in [0.1, 0.15) is 5.69 Å². The highest BCUT2D eigenvalue weighted by Gasteiger charge is 2.23. The van der Waals surface area contributed by atoms with Gasteiger partial charge in [0.25, 0.3) is 17.5 Å². The van der Waals surface area contributed by atoms with E-state index >= 15 is 0 Å². The minimum atomic E-state index is -0.471. The lowest BCUT2D eigenvalue weighted by Gasteiger charge is -2.17. The zero-order valence-electron chi connectivity index (χ0n) is 23.6. The lowest BCUT2D eigenvalue weighted by Crippen LogP contribution is -2.25. The SMILES string of the molecule is CON(C)C(=O)c1ccc(NC2CCCC2)c(N)c1.CON(C)C(=O)c1ccc(NC2CCCC2)c([N+](=O)[O-])c1. The fourth-order valence-electron chi connectivity index (χ4n) is 4.87. The molecule has 2 fully saturated rings. The number of hydroxylamine groups is 4. The second-order valence-corrected chi connectivity index (χ2v) is 10.0. The summed E-state index contributed by atoms with van der Waals surface area (Å²) >= 11 is 0. The van der Waals surface area contributed by atoms with Crippen molar-refractivity contribution in [3.05, 3.63) is 57.6 Å². The van der Waals surface area contributed by atoms with E-state index in [1.165, 1.54) is 58.1 Å². The van der Waals surface area contributed by atoms with Crippen LogP contribution >= 0.6 is 0 Å². The Balaban J connectivity index is 0.000000222. The van der Waals surface area contributed by atoms with Crippen LogP contribution in [0.2, 0.25) is 0 Å². The summed E-state index contributed by atoms with van der Waals surface area (Å²) in [4.78, 5) is 44.3. The number of nitrogen functional groups attached to an aromatic ring is 1. The Bertz CT molecular complexity index is 1180. The molecule has 2 amide bonds. The number of amides is 2. The molecule has 12 heteroatoms. The molecule has 0 radical (unpaired) electrons. The van der Waals surface area contributed by atoms with Crippen molar-refractivity contribution in [1.82, 2.24) is 10.1 Å². The molecule has 0 aromatic heterocycles. The second-order valence-electron chi connectivity index (χ2n) is 10.0. The number of hydrogen-bond acceptors (Lipinski definition) is 9. The van der Waals surface area contributed by atoms with Gasteiger partial charge < -0.3 is 16.4 Å². The van der Waals surface area contributed by atoms with Crippen LogP contribution in [0.25, 0.3) is 0 Å². The number of hydrogen-bond donors (Lipinski definition) is 3. The van der Waals surface area contributed by atoms with Crippen LogP contribution in [0.5, 0.6) is 0 Å². The van der Waals surface area contributed by atoms with Gasteiger partial charge in [0.2, 0.25) is 0 Å². The molecular formula is C28H40N6O6. The third kappa shape index (κ3) is 8.06. The van der Waals surface area contributed by atoms with Gasteiger partial charge in [0.05, 0.1) is 30.5 Å². The summed E-state index contributed by atoms with van der Waals surface area (Å²) in [5.74, 6) is -0.630. The number of carbonyl (C=O) groups excluding carboxylic acids is 2. The maximum atomic E-state index is 12.0. The van der Waals surface area contributed by atoms with Crippen LogP contribution in [0.15, 0.2) is 36.4 Å². The van der Waals surface area contributed by atoms with Crippen molar-refractivity contribution in [2.24, 2.45) is 0 Å². The van der Waals surface area contributed by atoms with Crippen molar-refractivity contribution >= 4 is 34.6 Å². The second kappa shape index (κ2) is 14.5. The summed E-state index contributed by atoms with van der Waals surface area (Å²) in [6, 6.07) is 10.5. The molecule has 0 heterocycles. The molecular weight excluding hydrogens is 516 g/mol. The van der Waals surface area contributed by atoms with Crippen LogP contribution in [-0.2, 0) is 9.68 Å². The van der Waals surface area contributed by atoms with Crippen molar-refractivity contribution in [3.63, 3.8) is 0 Å². The smallest absolute Gasteiger partial charge is 0.293 e. The van der Waals surface area contributed by atoms with Gasteiger partial charge in [0, 0.05) is 43.4 Å². The van der Waals surface area contributed by atoms with E-state index in [1.54, 1.807) is 31.3 Å². The zero-order valence-corrected chi connectivity index (χ0v) is 23.6. The minimum Gasteiger partial charge on any atom is -0.397 e. The lowest BCUT2D eigenvalue weighted by atomic mass is 10.1. The molecule has 2 aliphatic carbocycles. The Morgan fingerprint density at radius 1 is 0.825 bits per heavy atom. The minimum absolute atomic E-state index is 0.0859. The number of rotatable bonds is 9. The summed E-state index contributed by atoms with van der Waals surface area (Å²) in [7, 11) is 5.85. The van der Waals surface area contributed by atoms with Gasteiger partial charge in [-0.2, -0.15) is 0 Å². The maximum absolute atomic E-state index is 12.0. The number of nitrogens with two attached hydrogens (primary N) is 1. The van der Waals surface area contributed by atoms with Crippen molar-refractivity contribution in [3.8, 4) is 0 Å². The van der Waals surface area contributed by atoms with Gasteiger partial charge >= 0.3 is 0 Å². The molecule has 0 unspecified atom stereocenters. The number of nitro benzene ring substituents is 1. The lowest BCUT2D eigenvalue weighted by molar-refractivity contribution is -0.384. The Morgan fingerprint density at radius 2 is 1.25 bits per heavy atom. The summed E-state index contributed by atoms with van der Waals surface area (Å²) in [5.41, 5.74) is 8.64. The number of benzene rings is 2. The maximum Gasteiger partial charge on any atom is 0.293 e. The van der Waals surface area contributed by atoms with Crippen LogP contribution in [0.1, 0.15) is 72.1 Å². The number of carbonyl (C=O) groups is 2. The Kier molecular flexibility index (Phi) is 11.1. The van der Waals surface area contributed by atoms with Crippen molar-refractivity contribution in [1.29, 1.82) is 0 Å². The van der Waals surface area contributed by atoms with Crippen LogP contribution in [0.3, 0.4) is 0 Å². The van der Waals surface area contributed by atoms with E-state index in [1.807, 2.05) is 6.07 Å². The predicted molar refractivity (Wildman–Crippen MR) is 154 cm³/mol. The molecule has 0 aliphatic heterocycles. The molecule has 0 bridgehead atoms. The molecule has 40 heavy (non-hydrogen) atoms.